The molecule has 7 heteroatoms. The van der Waals surface area contributed by atoms with Gasteiger partial charge in [-0.2, -0.15) is 0 Å². The average molecular weight is 364 g/mol. The highest BCUT2D eigenvalue weighted by Gasteiger charge is 2.23. The number of carbonyl (C=O) groups is 2. The Bertz CT molecular complexity index is 813. The minimum absolute atomic E-state index is 0.0155. The van der Waals surface area contributed by atoms with E-state index < -0.39 is 23.6 Å². The second kappa shape index (κ2) is 8.42. The SMILES string of the molecule is CCOC(=O)c1cc(-c2cc(F)cc(F)c2)c(C(=O)OCC)cc1OC. The molecule has 138 valence electrons. The summed E-state index contributed by atoms with van der Waals surface area (Å²) in [6, 6.07) is 5.42. The summed E-state index contributed by atoms with van der Waals surface area (Å²) in [6.45, 7) is 3.51. The first-order chi connectivity index (χ1) is 12.4. The molecular formula is C19H18F2O5. The molecule has 0 bridgehead atoms. The van der Waals surface area contributed by atoms with E-state index in [2.05, 4.69) is 0 Å². The highest BCUT2D eigenvalue weighted by molar-refractivity contribution is 6.02. The van der Waals surface area contributed by atoms with Crippen LogP contribution in [0.5, 0.6) is 5.75 Å². The van der Waals surface area contributed by atoms with E-state index in [1.165, 1.54) is 19.2 Å². The van der Waals surface area contributed by atoms with Crippen molar-refractivity contribution in [2.75, 3.05) is 20.3 Å². The van der Waals surface area contributed by atoms with Gasteiger partial charge in [-0.25, -0.2) is 18.4 Å². The van der Waals surface area contributed by atoms with Crippen molar-refractivity contribution in [2.45, 2.75) is 13.8 Å². The maximum absolute atomic E-state index is 13.6. The predicted molar refractivity (Wildman–Crippen MR) is 90.3 cm³/mol. The van der Waals surface area contributed by atoms with Crippen LogP contribution in [0.25, 0.3) is 11.1 Å². The lowest BCUT2D eigenvalue weighted by Gasteiger charge is -2.15. The van der Waals surface area contributed by atoms with E-state index in [4.69, 9.17) is 14.2 Å². The van der Waals surface area contributed by atoms with Crippen molar-refractivity contribution in [3.05, 3.63) is 53.1 Å². The summed E-state index contributed by atoms with van der Waals surface area (Å²) < 4.78 is 42.4. The molecule has 0 fully saturated rings. The molecule has 26 heavy (non-hydrogen) atoms. The largest absolute Gasteiger partial charge is 0.496 e. The number of hydrogen-bond acceptors (Lipinski definition) is 5. The van der Waals surface area contributed by atoms with Crippen molar-refractivity contribution in [2.24, 2.45) is 0 Å². The van der Waals surface area contributed by atoms with Crippen LogP contribution in [-0.2, 0) is 9.47 Å². The van der Waals surface area contributed by atoms with Crippen molar-refractivity contribution < 1.29 is 32.6 Å². The van der Waals surface area contributed by atoms with Gasteiger partial charge in [-0.3, -0.25) is 0 Å². The molecule has 2 aromatic rings. The van der Waals surface area contributed by atoms with Crippen molar-refractivity contribution >= 4 is 11.9 Å². The van der Waals surface area contributed by atoms with Gasteiger partial charge < -0.3 is 14.2 Å². The number of esters is 2. The van der Waals surface area contributed by atoms with E-state index in [1.807, 2.05) is 0 Å². The van der Waals surface area contributed by atoms with E-state index in [1.54, 1.807) is 13.8 Å². The molecule has 0 amide bonds. The van der Waals surface area contributed by atoms with Crippen molar-refractivity contribution in [1.82, 2.24) is 0 Å². The second-order valence-electron chi connectivity index (χ2n) is 5.20. The Hall–Kier alpha value is -2.96. The molecule has 0 saturated carbocycles. The molecule has 5 nitrogen and oxygen atoms in total. The van der Waals surface area contributed by atoms with Gasteiger partial charge in [-0.15, -0.1) is 0 Å². The van der Waals surface area contributed by atoms with Gasteiger partial charge in [0.15, 0.2) is 0 Å². The third-order valence-electron chi connectivity index (χ3n) is 3.50. The first-order valence-electron chi connectivity index (χ1n) is 7.94. The molecule has 0 spiro atoms. The normalized spacial score (nSPS) is 10.3. The molecule has 2 aromatic carbocycles. The molecule has 0 heterocycles. The minimum atomic E-state index is -0.816. The van der Waals surface area contributed by atoms with Crippen molar-refractivity contribution in [3.8, 4) is 16.9 Å². The molecule has 2 rings (SSSR count). The van der Waals surface area contributed by atoms with E-state index in [-0.39, 0.29) is 41.2 Å². The molecule has 0 radical (unpaired) electrons. The van der Waals surface area contributed by atoms with Crippen molar-refractivity contribution in [3.63, 3.8) is 0 Å². The fraction of sp³-hybridized carbons (Fsp3) is 0.263. The Kier molecular flexibility index (Phi) is 6.27. The summed E-state index contributed by atoms with van der Waals surface area (Å²) in [6.07, 6.45) is 0. The number of halogens is 2. The number of methoxy groups -OCH3 is 1. The lowest BCUT2D eigenvalue weighted by molar-refractivity contribution is 0.0509. The maximum atomic E-state index is 13.6. The van der Waals surface area contributed by atoms with Crippen LogP contribution in [0.3, 0.4) is 0 Å². The Morgan fingerprint density at radius 2 is 1.38 bits per heavy atom. The molecule has 0 aliphatic heterocycles. The smallest absolute Gasteiger partial charge is 0.341 e. The Labute approximate surface area is 149 Å². The van der Waals surface area contributed by atoms with Crippen LogP contribution in [0.1, 0.15) is 34.6 Å². The summed E-state index contributed by atoms with van der Waals surface area (Å²) >= 11 is 0. The standard InChI is InChI=1S/C19H18F2O5/c1-4-25-18(22)15-10-17(24-3)16(19(23)26-5-2)9-14(15)11-6-12(20)8-13(21)7-11/h6-10H,4-5H2,1-3H3. The molecule has 0 aliphatic rings. The van der Waals surface area contributed by atoms with Crippen LogP contribution >= 0.6 is 0 Å². The van der Waals surface area contributed by atoms with Crippen LogP contribution in [0.4, 0.5) is 8.78 Å². The van der Waals surface area contributed by atoms with Gasteiger partial charge in [-0.1, -0.05) is 0 Å². The highest BCUT2D eigenvalue weighted by atomic mass is 19.1. The van der Waals surface area contributed by atoms with Gasteiger partial charge in [0, 0.05) is 6.07 Å². The van der Waals surface area contributed by atoms with Crippen LogP contribution in [0, 0.1) is 11.6 Å². The fourth-order valence-corrected chi connectivity index (χ4v) is 2.44. The molecule has 0 aromatic heterocycles. The molecule has 0 unspecified atom stereocenters. The summed E-state index contributed by atoms with van der Waals surface area (Å²) in [7, 11) is 1.33. The maximum Gasteiger partial charge on any atom is 0.341 e. The third kappa shape index (κ3) is 4.17. The van der Waals surface area contributed by atoms with Gasteiger partial charge >= 0.3 is 11.9 Å². The molecule has 0 saturated heterocycles. The van der Waals surface area contributed by atoms with Crippen LogP contribution in [-0.4, -0.2) is 32.3 Å². The monoisotopic (exact) mass is 364 g/mol. The van der Waals surface area contributed by atoms with Crippen molar-refractivity contribution in [1.29, 1.82) is 0 Å². The highest BCUT2D eigenvalue weighted by Crippen LogP contribution is 2.33. The van der Waals surface area contributed by atoms with E-state index in [0.717, 1.165) is 12.1 Å². The second-order valence-corrected chi connectivity index (χ2v) is 5.20. The quantitative estimate of drug-likeness (QED) is 0.725. The Morgan fingerprint density at radius 1 is 0.846 bits per heavy atom. The third-order valence-corrected chi connectivity index (χ3v) is 3.50. The van der Waals surface area contributed by atoms with Gasteiger partial charge in [0.1, 0.15) is 22.9 Å². The van der Waals surface area contributed by atoms with Gasteiger partial charge in [0.25, 0.3) is 0 Å². The van der Waals surface area contributed by atoms with Gasteiger partial charge in [0.05, 0.1) is 25.9 Å². The summed E-state index contributed by atoms with van der Waals surface area (Å²) in [5.41, 5.74) is 0.258. The van der Waals surface area contributed by atoms with E-state index in [0.29, 0.717) is 6.07 Å². The average Bonchev–Trinajstić information content (AvgIpc) is 2.60. The number of ether oxygens (including phenoxy) is 3. The first-order valence-corrected chi connectivity index (χ1v) is 7.94. The molecular weight excluding hydrogens is 346 g/mol. The number of carbonyl (C=O) groups excluding carboxylic acids is 2. The number of rotatable bonds is 6. The zero-order chi connectivity index (χ0) is 19.3. The van der Waals surface area contributed by atoms with E-state index in [9.17, 15) is 18.4 Å². The summed E-state index contributed by atoms with van der Waals surface area (Å²) in [5.74, 6) is -2.93. The fourth-order valence-electron chi connectivity index (χ4n) is 2.44. The lowest BCUT2D eigenvalue weighted by Crippen LogP contribution is -2.11. The zero-order valence-corrected chi connectivity index (χ0v) is 14.6. The molecule has 0 atom stereocenters. The number of hydrogen-bond donors (Lipinski definition) is 0. The summed E-state index contributed by atoms with van der Waals surface area (Å²) in [4.78, 5) is 24.5. The molecule has 0 N–H and O–H groups in total. The Morgan fingerprint density at radius 3 is 1.88 bits per heavy atom. The summed E-state index contributed by atoms with van der Waals surface area (Å²) in [5, 5.41) is 0. The topological polar surface area (TPSA) is 61.8 Å². The van der Waals surface area contributed by atoms with Crippen LogP contribution in [0.15, 0.2) is 30.3 Å². The van der Waals surface area contributed by atoms with Crippen LogP contribution < -0.4 is 4.74 Å². The molecule has 0 aliphatic carbocycles. The van der Waals surface area contributed by atoms with Gasteiger partial charge in [-0.05, 0) is 49.2 Å². The van der Waals surface area contributed by atoms with E-state index >= 15 is 0 Å². The number of benzene rings is 2. The predicted octanol–water partition coefficient (Wildman–Crippen LogP) is 3.99. The van der Waals surface area contributed by atoms with Crippen LogP contribution in [0.2, 0.25) is 0 Å². The Balaban J connectivity index is 2.74. The zero-order valence-electron chi connectivity index (χ0n) is 14.6. The minimum Gasteiger partial charge on any atom is -0.496 e. The first kappa shape index (κ1) is 19.4. The van der Waals surface area contributed by atoms with Gasteiger partial charge in [0.2, 0.25) is 0 Å². The lowest BCUT2D eigenvalue weighted by atomic mass is 9.96.